The van der Waals surface area contributed by atoms with E-state index in [4.69, 9.17) is 13.8 Å². The summed E-state index contributed by atoms with van der Waals surface area (Å²) in [4.78, 5) is 12.7. The molecule has 0 atom stereocenters. The summed E-state index contributed by atoms with van der Waals surface area (Å²) in [6, 6.07) is 6.96. The molecule has 1 N–H and O–H groups in total. The maximum Gasteiger partial charge on any atom is 0.494 e. The fraction of sp³-hybridized carbons (Fsp3) is 0.600. The van der Waals surface area contributed by atoms with E-state index in [1.165, 1.54) is 6.07 Å². The molecule has 1 saturated carbocycles. The van der Waals surface area contributed by atoms with Crippen molar-refractivity contribution in [2.24, 2.45) is 5.92 Å². The van der Waals surface area contributed by atoms with Crippen molar-refractivity contribution in [2.45, 2.75) is 90.0 Å². The lowest BCUT2D eigenvalue weighted by atomic mass is 9.76. The number of halogens is 3. The maximum atomic E-state index is 13.3. The fourth-order valence-electron chi connectivity index (χ4n) is 4.29. The van der Waals surface area contributed by atoms with Crippen LogP contribution in [0.2, 0.25) is 0 Å². The van der Waals surface area contributed by atoms with Gasteiger partial charge in [-0.3, -0.25) is 4.79 Å². The minimum absolute atomic E-state index is 0.0141. The van der Waals surface area contributed by atoms with Gasteiger partial charge in [0.05, 0.1) is 17.6 Å². The molecule has 0 unspecified atom stereocenters. The van der Waals surface area contributed by atoms with Crippen LogP contribution in [0.4, 0.5) is 19.0 Å². The van der Waals surface area contributed by atoms with Crippen LogP contribution in [-0.2, 0) is 32.4 Å². The Morgan fingerprint density at radius 1 is 1.09 bits per heavy atom. The van der Waals surface area contributed by atoms with Gasteiger partial charge in [-0.05, 0) is 69.5 Å². The molecule has 2 heterocycles. The molecule has 0 bridgehead atoms. The molecule has 2 fully saturated rings. The van der Waals surface area contributed by atoms with Gasteiger partial charge in [0.15, 0.2) is 11.6 Å². The van der Waals surface area contributed by atoms with Gasteiger partial charge in [0.2, 0.25) is 5.91 Å². The van der Waals surface area contributed by atoms with Crippen molar-refractivity contribution in [1.29, 1.82) is 0 Å². The van der Waals surface area contributed by atoms with Crippen molar-refractivity contribution in [2.75, 3.05) is 5.32 Å². The van der Waals surface area contributed by atoms with Gasteiger partial charge in [0.25, 0.3) is 0 Å². The van der Waals surface area contributed by atoms with E-state index in [1.807, 2.05) is 45.9 Å². The normalized spacial score (nSPS) is 20.3. The summed E-state index contributed by atoms with van der Waals surface area (Å²) in [6.07, 6.45) is -3.67. The number of rotatable bonds is 7. The lowest BCUT2D eigenvalue weighted by molar-refractivity contribution is -0.165. The number of nitrogens with one attached hydrogen (secondary N) is 1. The van der Waals surface area contributed by atoms with E-state index in [0.29, 0.717) is 5.92 Å². The molecule has 1 aliphatic heterocycles. The van der Waals surface area contributed by atoms with Crippen molar-refractivity contribution >= 4 is 24.3 Å². The van der Waals surface area contributed by atoms with E-state index >= 15 is 0 Å². The number of benzene rings is 1. The molecule has 4 rings (SSSR count). The molecular weight excluding hydrogens is 460 g/mol. The summed E-state index contributed by atoms with van der Waals surface area (Å²) >= 11 is 0. The second-order valence-corrected chi connectivity index (χ2v) is 11.1. The van der Waals surface area contributed by atoms with Crippen molar-refractivity contribution in [3.63, 3.8) is 0 Å². The van der Waals surface area contributed by atoms with E-state index in [9.17, 15) is 18.0 Å². The summed E-state index contributed by atoms with van der Waals surface area (Å²) in [5, 5.41) is 6.22. The van der Waals surface area contributed by atoms with Crippen molar-refractivity contribution in [3.8, 4) is 0 Å². The zero-order valence-corrected chi connectivity index (χ0v) is 21.0. The molecule has 35 heavy (non-hydrogen) atoms. The fourth-order valence-corrected chi connectivity index (χ4v) is 4.29. The smallest absolute Gasteiger partial charge is 0.399 e. The number of hydrogen-bond acceptors (Lipinski definition) is 5. The third-order valence-corrected chi connectivity index (χ3v) is 7.28. The number of anilines is 1. The van der Waals surface area contributed by atoms with Gasteiger partial charge in [-0.25, -0.2) is 0 Å². The first-order valence-electron chi connectivity index (χ1n) is 11.9. The number of alkyl halides is 3. The van der Waals surface area contributed by atoms with Crippen LogP contribution >= 0.6 is 0 Å². The Morgan fingerprint density at radius 2 is 1.71 bits per heavy atom. The lowest BCUT2D eigenvalue weighted by Gasteiger charge is -2.32. The van der Waals surface area contributed by atoms with Crippen LogP contribution in [-0.4, -0.2) is 35.6 Å². The van der Waals surface area contributed by atoms with E-state index < -0.39 is 29.9 Å². The Hall–Kier alpha value is -2.33. The summed E-state index contributed by atoms with van der Waals surface area (Å²) < 4.78 is 57.3. The average Bonchev–Trinajstić information content (AvgIpc) is 3.36. The molecule has 2 aromatic rings. The van der Waals surface area contributed by atoms with Gasteiger partial charge in [-0.1, -0.05) is 37.2 Å². The molecule has 1 saturated heterocycles. The van der Waals surface area contributed by atoms with E-state index in [-0.39, 0.29) is 36.7 Å². The van der Waals surface area contributed by atoms with Crippen LogP contribution in [0, 0.1) is 5.92 Å². The van der Waals surface area contributed by atoms with Gasteiger partial charge < -0.3 is 19.1 Å². The number of aromatic nitrogens is 1. The van der Waals surface area contributed by atoms with Gasteiger partial charge in [0.1, 0.15) is 5.41 Å². The first-order valence-corrected chi connectivity index (χ1v) is 11.9. The summed E-state index contributed by atoms with van der Waals surface area (Å²) in [5.74, 6) is -0.303. The minimum atomic E-state index is -4.40. The zero-order chi connectivity index (χ0) is 25.8. The van der Waals surface area contributed by atoms with Gasteiger partial charge in [-0.15, -0.1) is 0 Å². The van der Waals surface area contributed by atoms with Crippen LogP contribution in [0.25, 0.3) is 0 Å². The predicted octanol–water partition coefficient (Wildman–Crippen LogP) is 4.95. The van der Waals surface area contributed by atoms with Crippen LogP contribution in [0.5, 0.6) is 0 Å². The van der Waals surface area contributed by atoms with Crippen LogP contribution in [0.1, 0.15) is 71.3 Å². The Bertz CT molecular complexity index is 1090. The molecule has 1 aromatic carbocycles. The Labute approximate surface area is 204 Å². The predicted molar refractivity (Wildman–Crippen MR) is 127 cm³/mol. The monoisotopic (exact) mass is 492 g/mol. The molecule has 2 aliphatic rings. The summed E-state index contributed by atoms with van der Waals surface area (Å²) in [5.41, 5.74) is -0.194. The standard InChI is InChI=1S/C25H32BF3N2O4/c1-15(2)11-17-12-18(26-34-22(3,4)23(5,6)35-26)8-7-16(17)13-21(32)30-20-14-19(33-31-20)24(9-10-24)25(27,28)29/h7-8,12,14-15H,9-11,13H2,1-6H3,(H,30,31,32). The topological polar surface area (TPSA) is 73.6 Å². The molecule has 1 aliphatic carbocycles. The Kier molecular flexibility index (Phi) is 6.37. The molecule has 10 heteroatoms. The van der Waals surface area contributed by atoms with E-state index in [2.05, 4.69) is 24.3 Å². The molecular formula is C25H32BF3N2O4. The third kappa shape index (κ3) is 5.00. The van der Waals surface area contributed by atoms with E-state index in [0.717, 1.165) is 23.0 Å². The second-order valence-electron chi connectivity index (χ2n) is 11.1. The summed E-state index contributed by atoms with van der Waals surface area (Å²) in [6.45, 7) is 12.2. The molecule has 190 valence electrons. The molecule has 1 amide bonds. The third-order valence-electron chi connectivity index (χ3n) is 7.28. The second kappa shape index (κ2) is 8.66. The van der Waals surface area contributed by atoms with Gasteiger partial charge in [-0.2, -0.15) is 13.2 Å². The van der Waals surface area contributed by atoms with Gasteiger partial charge in [0, 0.05) is 6.07 Å². The van der Waals surface area contributed by atoms with Crippen molar-refractivity contribution in [1.82, 2.24) is 5.16 Å². The molecule has 0 spiro atoms. The minimum Gasteiger partial charge on any atom is -0.399 e. The number of hydrogen-bond donors (Lipinski definition) is 1. The highest BCUT2D eigenvalue weighted by atomic mass is 19.4. The highest BCUT2D eigenvalue weighted by Crippen LogP contribution is 2.59. The van der Waals surface area contributed by atoms with Crippen LogP contribution < -0.4 is 10.8 Å². The number of nitrogens with zero attached hydrogens (tertiary/aromatic N) is 1. The van der Waals surface area contributed by atoms with Crippen molar-refractivity contribution in [3.05, 3.63) is 41.2 Å². The maximum absolute atomic E-state index is 13.3. The molecule has 1 aromatic heterocycles. The zero-order valence-electron chi connectivity index (χ0n) is 21.0. The van der Waals surface area contributed by atoms with E-state index in [1.54, 1.807) is 0 Å². The quantitative estimate of drug-likeness (QED) is 0.554. The van der Waals surface area contributed by atoms with Crippen LogP contribution in [0.15, 0.2) is 28.8 Å². The highest BCUT2D eigenvalue weighted by molar-refractivity contribution is 6.62. The Morgan fingerprint density at radius 3 is 2.26 bits per heavy atom. The van der Waals surface area contributed by atoms with Gasteiger partial charge >= 0.3 is 13.3 Å². The SMILES string of the molecule is CC(C)Cc1cc(B2OC(C)(C)C(C)(C)O2)ccc1CC(=O)Nc1cc(C2(C(F)(F)F)CC2)on1. The Balaban J connectivity index is 1.48. The van der Waals surface area contributed by atoms with Crippen LogP contribution in [0.3, 0.4) is 0 Å². The number of amides is 1. The molecule has 6 nitrogen and oxygen atoms in total. The number of carbonyl (C=O) groups is 1. The largest absolute Gasteiger partial charge is 0.494 e. The summed E-state index contributed by atoms with van der Waals surface area (Å²) in [7, 11) is -0.509. The highest BCUT2D eigenvalue weighted by Gasteiger charge is 2.67. The first kappa shape index (κ1) is 25.8. The molecule has 0 radical (unpaired) electrons. The first-order chi connectivity index (χ1) is 16.1. The lowest BCUT2D eigenvalue weighted by Crippen LogP contribution is -2.41. The van der Waals surface area contributed by atoms with Crippen molar-refractivity contribution < 1.29 is 31.8 Å². The average molecular weight is 492 g/mol. The number of carbonyl (C=O) groups excluding carboxylic acids is 1.